The molecule has 418 valence electrons. The molecule has 0 amide bonds. The van der Waals surface area contributed by atoms with Crippen molar-refractivity contribution in [3.63, 3.8) is 0 Å². The van der Waals surface area contributed by atoms with Crippen LogP contribution >= 0.6 is 0 Å². The fourth-order valence-corrected chi connectivity index (χ4v) is 14.6. The molecule has 0 aliphatic carbocycles. The summed E-state index contributed by atoms with van der Waals surface area (Å²) in [4.78, 5) is 70.9. The van der Waals surface area contributed by atoms with Crippen LogP contribution in [-0.2, 0) is 47.1 Å². The number of esters is 5. The van der Waals surface area contributed by atoms with E-state index >= 15 is 0 Å². The van der Waals surface area contributed by atoms with E-state index in [4.69, 9.17) is 47.1 Å². The van der Waals surface area contributed by atoms with Gasteiger partial charge in [0.05, 0.1) is 34.4 Å². The van der Waals surface area contributed by atoms with Crippen molar-refractivity contribution in [2.75, 3.05) is 20.3 Å². The van der Waals surface area contributed by atoms with Gasteiger partial charge in [-0.25, -0.2) is 24.0 Å². The number of benzene rings is 7. The lowest BCUT2D eigenvalue weighted by molar-refractivity contribution is -0.354. The third-order valence-electron chi connectivity index (χ3n) is 14.0. The van der Waals surface area contributed by atoms with E-state index in [1.54, 1.807) is 115 Å². The smallest absolute Gasteiger partial charge is 0.338 e. The fraction of sp³-hybridized carbons (Fsp3) is 0.266. The van der Waals surface area contributed by atoms with Gasteiger partial charge in [-0.3, -0.25) is 0 Å². The van der Waals surface area contributed by atoms with Crippen LogP contribution in [-0.4, -0.2) is 125 Å². The molecular formula is C64H62O16Si. The Kier molecular flexibility index (Phi) is 18.8. The van der Waals surface area contributed by atoms with Gasteiger partial charge >= 0.3 is 29.8 Å². The number of carbonyl (C=O) groups excluding carboxylic acids is 5. The molecule has 2 fully saturated rings. The maximum atomic E-state index is 14.4. The average molecular weight is 1120 g/mol. The van der Waals surface area contributed by atoms with Crippen molar-refractivity contribution in [1.82, 2.24) is 0 Å². The first kappa shape index (κ1) is 57.6. The molecular weight excluding hydrogens is 1050 g/mol. The van der Waals surface area contributed by atoms with Gasteiger partial charge in [0.1, 0.15) is 31.0 Å². The van der Waals surface area contributed by atoms with Gasteiger partial charge < -0.3 is 52.2 Å². The summed E-state index contributed by atoms with van der Waals surface area (Å²) >= 11 is 0. The molecule has 1 N–H and O–H groups in total. The summed E-state index contributed by atoms with van der Waals surface area (Å²) in [5.41, 5.74) is 0.646. The fourth-order valence-electron chi connectivity index (χ4n) is 10.0. The zero-order valence-electron chi connectivity index (χ0n) is 45.0. The van der Waals surface area contributed by atoms with E-state index in [2.05, 4.69) is 20.8 Å². The van der Waals surface area contributed by atoms with Gasteiger partial charge in [-0.15, -0.1) is 0 Å². The molecule has 0 unspecified atom stereocenters. The van der Waals surface area contributed by atoms with E-state index in [0.29, 0.717) is 0 Å². The second kappa shape index (κ2) is 26.4. The van der Waals surface area contributed by atoms with Crippen LogP contribution in [0.5, 0.6) is 0 Å². The minimum absolute atomic E-state index is 0.0793. The van der Waals surface area contributed by atoms with Crippen LogP contribution in [0.2, 0.25) is 5.04 Å². The maximum Gasteiger partial charge on any atom is 0.338 e. The van der Waals surface area contributed by atoms with Crippen molar-refractivity contribution < 1.29 is 76.1 Å². The summed E-state index contributed by atoms with van der Waals surface area (Å²) in [7, 11) is -2.16. The maximum absolute atomic E-state index is 14.4. The predicted octanol–water partition coefficient (Wildman–Crippen LogP) is 8.16. The quantitative estimate of drug-likeness (QED) is 0.0462. The first-order chi connectivity index (χ1) is 39.2. The van der Waals surface area contributed by atoms with Crippen molar-refractivity contribution >= 4 is 48.5 Å². The molecule has 7 aromatic rings. The summed E-state index contributed by atoms with van der Waals surface area (Å²) in [6.45, 7) is 5.27. The highest BCUT2D eigenvalue weighted by Gasteiger charge is 2.58. The van der Waals surface area contributed by atoms with Gasteiger partial charge in [0, 0.05) is 7.11 Å². The van der Waals surface area contributed by atoms with Crippen molar-refractivity contribution in [3.8, 4) is 0 Å². The van der Waals surface area contributed by atoms with Crippen LogP contribution in [0.15, 0.2) is 212 Å². The van der Waals surface area contributed by atoms with Gasteiger partial charge in [0.2, 0.25) is 0 Å². The van der Waals surface area contributed by atoms with Gasteiger partial charge in [0.25, 0.3) is 8.32 Å². The van der Waals surface area contributed by atoms with E-state index in [0.717, 1.165) is 10.4 Å². The van der Waals surface area contributed by atoms with Crippen LogP contribution in [0.3, 0.4) is 0 Å². The normalized spacial score (nSPS) is 22.8. The number of aliphatic hydroxyl groups is 1. The largest absolute Gasteiger partial charge is 0.459 e. The highest BCUT2D eigenvalue weighted by atomic mass is 28.4. The topological polar surface area (TPSA) is 198 Å². The molecule has 0 saturated carbocycles. The summed E-state index contributed by atoms with van der Waals surface area (Å²) in [5, 5.41) is 14.2. The zero-order valence-corrected chi connectivity index (χ0v) is 46.0. The lowest BCUT2D eigenvalue weighted by Gasteiger charge is -2.49. The van der Waals surface area contributed by atoms with E-state index in [-0.39, 0.29) is 34.4 Å². The summed E-state index contributed by atoms with van der Waals surface area (Å²) in [6.07, 6.45) is -16.8. The van der Waals surface area contributed by atoms with Crippen molar-refractivity contribution in [2.24, 2.45) is 0 Å². The number of methoxy groups -OCH3 is 1. The van der Waals surface area contributed by atoms with Gasteiger partial charge in [-0.05, 0) is 76.1 Å². The Labute approximate surface area is 470 Å². The monoisotopic (exact) mass is 1110 g/mol. The minimum atomic E-state index is -3.44. The van der Waals surface area contributed by atoms with Crippen molar-refractivity contribution in [3.05, 3.63) is 240 Å². The summed E-state index contributed by atoms with van der Waals surface area (Å²) < 4.78 is 64.7. The first-order valence-electron chi connectivity index (χ1n) is 26.4. The molecule has 0 aromatic heterocycles. The number of aliphatic hydroxyl groups excluding tert-OH is 1. The third kappa shape index (κ3) is 13.4. The van der Waals surface area contributed by atoms with Crippen LogP contribution < -0.4 is 10.4 Å². The Morgan fingerprint density at radius 1 is 0.420 bits per heavy atom. The molecule has 10 atom stereocenters. The number of hydrogen-bond donors (Lipinski definition) is 1. The summed E-state index contributed by atoms with van der Waals surface area (Å²) in [6, 6.07) is 59.8. The second-order valence-corrected chi connectivity index (χ2v) is 24.6. The molecule has 0 spiro atoms. The van der Waals surface area contributed by atoms with E-state index < -0.39 is 111 Å². The SMILES string of the molecule is CO[C@H]1O[C@H](COC(=O)c2ccccc2)[C@@H](O[C@@H]2O[C@H](CO[Si](c3ccccc3)(c3ccccc3)C(C)(C)C)[C@H](OC(=O)c3ccccc3)[C@H](O)[C@H]2OC(=O)c2ccccc2)[C@H](OC(=O)c2ccccc2)[C@@H]1OC(=O)c1ccccc1. The van der Waals surface area contributed by atoms with Gasteiger partial charge in [-0.1, -0.05) is 172 Å². The van der Waals surface area contributed by atoms with Crippen LogP contribution in [0, 0.1) is 0 Å². The second-order valence-electron chi connectivity index (χ2n) is 20.3. The number of hydrogen-bond acceptors (Lipinski definition) is 16. The Hall–Kier alpha value is -8.13. The Balaban J connectivity index is 1.18. The number of rotatable bonds is 19. The highest BCUT2D eigenvalue weighted by molar-refractivity contribution is 6.99. The molecule has 2 aliphatic heterocycles. The predicted molar refractivity (Wildman–Crippen MR) is 298 cm³/mol. The van der Waals surface area contributed by atoms with E-state index in [1.165, 1.54) is 43.5 Å². The summed E-state index contributed by atoms with van der Waals surface area (Å²) in [5.74, 6) is -4.28. The van der Waals surface area contributed by atoms with Crippen LogP contribution in [0.4, 0.5) is 0 Å². The molecule has 7 aromatic carbocycles. The van der Waals surface area contributed by atoms with Gasteiger partial charge in [0.15, 0.2) is 37.0 Å². The molecule has 0 bridgehead atoms. The molecule has 2 saturated heterocycles. The van der Waals surface area contributed by atoms with Crippen molar-refractivity contribution in [1.29, 1.82) is 0 Å². The highest BCUT2D eigenvalue weighted by Crippen LogP contribution is 2.40. The zero-order chi connectivity index (χ0) is 56.9. The molecule has 81 heavy (non-hydrogen) atoms. The molecule has 2 heterocycles. The first-order valence-corrected chi connectivity index (χ1v) is 28.3. The molecule has 9 rings (SSSR count). The molecule has 0 radical (unpaired) electrons. The molecule has 16 nitrogen and oxygen atoms in total. The lowest BCUT2D eigenvalue weighted by atomic mass is 9.96. The Morgan fingerprint density at radius 3 is 1.15 bits per heavy atom. The molecule has 2 aliphatic rings. The van der Waals surface area contributed by atoms with E-state index in [9.17, 15) is 29.1 Å². The van der Waals surface area contributed by atoms with Crippen LogP contribution in [0.1, 0.15) is 72.6 Å². The van der Waals surface area contributed by atoms with Gasteiger partial charge in [-0.2, -0.15) is 0 Å². The number of ether oxygens (including phenoxy) is 9. The number of carbonyl (C=O) groups is 5. The van der Waals surface area contributed by atoms with Crippen LogP contribution in [0.25, 0.3) is 0 Å². The minimum Gasteiger partial charge on any atom is -0.459 e. The third-order valence-corrected chi connectivity index (χ3v) is 19.0. The Morgan fingerprint density at radius 2 is 0.753 bits per heavy atom. The molecule has 17 heteroatoms. The van der Waals surface area contributed by atoms with Crippen molar-refractivity contribution in [2.45, 2.75) is 87.2 Å². The average Bonchev–Trinajstić information content (AvgIpc) is 3.58. The standard InChI is InChI=1S/C64H62O16Si/c1-64(2,3)81(47-36-22-10-23-37-47,48-38-24-11-25-39-48)73-41-50-52(76-58(67)43-28-14-6-15-29-43)51(65)54(77-59(68)44-30-16-7-17-31-44)63(75-50)80-53-49(40-72-57(66)42-26-12-5-13-27-42)74-62(71-4)56(79-61(70)46-34-20-9-21-35-46)55(53)78-60(69)45-32-18-8-19-33-45/h5-39,49-56,62-63,65H,40-41H2,1-4H3/t49-,50-,51+,52+,53-,54-,55+,56+,62+,63+/m1/s1. The van der Waals surface area contributed by atoms with E-state index in [1.807, 2.05) is 60.7 Å². The lowest BCUT2D eigenvalue weighted by Crippen LogP contribution is -2.69. The Bertz CT molecular complexity index is 3130.